The fourth-order valence-electron chi connectivity index (χ4n) is 2.69. The van der Waals surface area contributed by atoms with E-state index in [9.17, 15) is 9.59 Å². The molecule has 3 rings (SSSR count). The molecule has 27 heavy (non-hydrogen) atoms. The average molecular weight is 369 g/mol. The first kappa shape index (κ1) is 18.7. The first-order valence-electron chi connectivity index (χ1n) is 9.12. The van der Waals surface area contributed by atoms with Crippen molar-refractivity contribution in [3.63, 3.8) is 0 Å². The molecule has 2 amide bonds. The van der Waals surface area contributed by atoms with Gasteiger partial charge in [0.05, 0.1) is 0 Å². The Balaban J connectivity index is 1.64. The van der Waals surface area contributed by atoms with Crippen LogP contribution in [0.3, 0.4) is 0 Å². The van der Waals surface area contributed by atoms with Gasteiger partial charge in [0, 0.05) is 30.1 Å². The zero-order valence-corrected chi connectivity index (χ0v) is 15.3. The highest BCUT2D eigenvalue weighted by molar-refractivity contribution is 6.05. The molecule has 0 unspecified atom stereocenters. The lowest BCUT2D eigenvalue weighted by atomic mass is 10.2. The van der Waals surface area contributed by atoms with Crippen molar-refractivity contribution in [3.05, 3.63) is 47.8 Å². The predicted octanol–water partition coefficient (Wildman–Crippen LogP) is 3.03. The highest BCUT2D eigenvalue weighted by Gasteiger charge is 2.15. The number of amides is 2. The van der Waals surface area contributed by atoms with Crippen molar-refractivity contribution in [2.24, 2.45) is 0 Å². The van der Waals surface area contributed by atoms with E-state index >= 15 is 0 Å². The lowest BCUT2D eigenvalue weighted by molar-refractivity contribution is 0.0948. The molecule has 1 aromatic carbocycles. The molecule has 0 atom stereocenters. The number of benzene rings is 1. The summed E-state index contributed by atoms with van der Waals surface area (Å²) in [4.78, 5) is 28.7. The van der Waals surface area contributed by atoms with Gasteiger partial charge in [0.15, 0.2) is 11.5 Å². The van der Waals surface area contributed by atoms with Crippen LogP contribution in [0.15, 0.2) is 36.5 Å². The van der Waals surface area contributed by atoms with E-state index < -0.39 is 0 Å². The number of rotatable bonds is 7. The number of hydrogen-bond acceptors (Lipinski definition) is 5. The molecule has 2 heterocycles. The van der Waals surface area contributed by atoms with Crippen molar-refractivity contribution in [2.75, 3.05) is 25.1 Å². The minimum atomic E-state index is -0.325. The zero-order valence-electron chi connectivity index (χ0n) is 15.3. The molecule has 1 aliphatic heterocycles. The van der Waals surface area contributed by atoms with Gasteiger partial charge < -0.3 is 20.1 Å². The van der Waals surface area contributed by atoms with E-state index in [1.165, 1.54) is 12.3 Å². The van der Waals surface area contributed by atoms with Crippen molar-refractivity contribution >= 4 is 17.5 Å². The van der Waals surface area contributed by atoms with Crippen LogP contribution in [0.2, 0.25) is 0 Å². The first-order valence-corrected chi connectivity index (χ1v) is 9.12. The van der Waals surface area contributed by atoms with Gasteiger partial charge in [-0.15, -0.1) is 0 Å². The number of hydrogen-bond donors (Lipinski definition) is 2. The molecule has 0 fully saturated rings. The standard InChI is InChI=1S/C20H23N3O4/c1-2-3-4-8-22-20(25)16-12-14(7-9-21-16)19(24)23-15-5-6-17-18(13-15)27-11-10-26-17/h5-7,9,12-13H,2-4,8,10-11H2,1H3,(H,22,25)(H,23,24). The summed E-state index contributed by atoms with van der Waals surface area (Å²) in [5.41, 5.74) is 1.17. The van der Waals surface area contributed by atoms with Gasteiger partial charge in [-0.3, -0.25) is 14.6 Å². The van der Waals surface area contributed by atoms with Crippen LogP contribution in [0.4, 0.5) is 5.69 Å². The van der Waals surface area contributed by atoms with Crippen LogP contribution in [0.25, 0.3) is 0 Å². The Labute approximate surface area is 158 Å². The molecule has 2 aromatic rings. The van der Waals surface area contributed by atoms with Crippen LogP contribution >= 0.6 is 0 Å². The van der Waals surface area contributed by atoms with Crippen LogP contribution < -0.4 is 20.1 Å². The third-order valence-electron chi connectivity index (χ3n) is 4.12. The number of carbonyl (C=O) groups excluding carboxylic acids is 2. The fourth-order valence-corrected chi connectivity index (χ4v) is 2.69. The van der Waals surface area contributed by atoms with Gasteiger partial charge in [0.25, 0.3) is 11.8 Å². The number of pyridine rings is 1. The fraction of sp³-hybridized carbons (Fsp3) is 0.350. The van der Waals surface area contributed by atoms with Crippen LogP contribution in [-0.4, -0.2) is 36.6 Å². The van der Waals surface area contributed by atoms with Gasteiger partial charge in [-0.25, -0.2) is 0 Å². The molecule has 7 heteroatoms. The molecule has 0 spiro atoms. The Kier molecular flexibility index (Phi) is 6.25. The van der Waals surface area contributed by atoms with E-state index in [1.807, 2.05) is 0 Å². The topological polar surface area (TPSA) is 89.6 Å². The summed E-state index contributed by atoms with van der Waals surface area (Å²) in [6.07, 6.45) is 4.53. The zero-order chi connectivity index (χ0) is 19.1. The summed E-state index contributed by atoms with van der Waals surface area (Å²) in [5.74, 6) is 0.653. The number of aromatic nitrogens is 1. The summed E-state index contributed by atoms with van der Waals surface area (Å²) in [7, 11) is 0. The minimum Gasteiger partial charge on any atom is -0.486 e. The number of carbonyl (C=O) groups is 2. The molecule has 7 nitrogen and oxygen atoms in total. The largest absolute Gasteiger partial charge is 0.486 e. The maximum atomic E-state index is 12.5. The average Bonchev–Trinajstić information content (AvgIpc) is 2.71. The third-order valence-corrected chi connectivity index (χ3v) is 4.12. The van der Waals surface area contributed by atoms with Gasteiger partial charge in [0.2, 0.25) is 0 Å². The molecular weight excluding hydrogens is 346 g/mol. The molecule has 142 valence electrons. The van der Waals surface area contributed by atoms with E-state index in [2.05, 4.69) is 22.5 Å². The number of ether oxygens (including phenoxy) is 2. The van der Waals surface area contributed by atoms with E-state index in [1.54, 1.807) is 24.3 Å². The van der Waals surface area contributed by atoms with Crippen LogP contribution in [0, 0.1) is 0 Å². The Morgan fingerprint density at radius 3 is 2.67 bits per heavy atom. The summed E-state index contributed by atoms with van der Waals surface area (Å²) in [6.45, 7) is 3.69. The number of unbranched alkanes of at least 4 members (excludes halogenated alkanes) is 2. The van der Waals surface area contributed by atoms with Gasteiger partial charge in [0.1, 0.15) is 18.9 Å². The van der Waals surface area contributed by atoms with Gasteiger partial charge in [-0.1, -0.05) is 19.8 Å². The lowest BCUT2D eigenvalue weighted by Crippen LogP contribution is -2.26. The smallest absolute Gasteiger partial charge is 0.269 e. The van der Waals surface area contributed by atoms with Crippen molar-refractivity contribution in [1.29, 1.82) is 0 Å². The monoisotopic (exact) mass is 369 g/mol. The highest BCUT2D eigenvalue weighted by Crippen LogP contribution is 2.32. The predicted molar refractivity (Wildman–Crippen MR) is 101 cm³/mol. The molecule has 1 aliphatic rings. The van der Waals surface area contributed by atoms with Gasteiger partial charge >= 0.3 is 0 Å². The second kappa shape index (κ2) is 9.02. The first-order chi connectivity index (χ1) is 13.2. The summed E-state index contributed by atoms with van der Waals surface area (Å²) in [6, 6.07) is 8.28. The normalized spacial score (nSPS) is 12.3. The molecule has 0 bridgehead atoms. The number of fused-ring (bicyclic) bond motifs is 1. The van der Waals surface area contributed by atoms with Gasteiger partial charge in [-0.2, -0.15) is 0 Å². The second-order valence-electron chi connectivity index (χ2n) is 6.21. The molecule has 1 aromatic heterocycles. The molecule has 0 radical (unpaired) electrons. The van der Waals surface area contributed by atoms with Crippen molar-refractivity contribution < 1.29 is 19.1 Å². The van der Waals surface area contributed by atoms with Crippen LogP contribution in [-0.2, 0) is 0 Å². The molecule has 0 saturated heterocycles. The van der Waals surface area contributed by atoms with Crippen molar-refractivity contribution in [2.45, 2.75) is 26.2 Å². The van der Waals surface area contributed by atoms with E-state index in [0.29, 0.717) is 42.5 Å². The van der Waals surface area contributed by atoms with Crippen LogP contribution in [0.5, 0.6) is 11.5 Å². The highest BCUT2D eigenvalue weighted by atomic mass is 16.6. The second-order valence-corrected chi connectivity index (χ2v) is 6.21. The minimum absolute atomic E-state index is 0.223. The van der Waals surface area contributed by atoms with Gasteiger partial charge in [-0.05, 0) is 30.7 Å². The summed E-state index contributed by atoms with van der Waals surface area (Å²) >= 11 is 0. The summed E-state index contributed by atoms with van der Waals surface area (Å²) in [5, 5.41) is 5.62. The Morgan fingerprint density at radius 2 is 1.85 bits per heavy atom. The third kappa shape index (κ3) is 4.97. The quantitative estimate of drug-likeness (QED) is 0.732. The number of nitrogens with one attached hydrogen (secondary N) is 2. The summed E-state index contributed by atoms with van der Waals surface area (Å²) < 4.78 is 11.0. The lowest BCUT2D eigenvalue weighted by Gasteiger charge is -2.19. The molecular formula is C20H23N3O4. The number of anilines is 1. The molecule has 0 aliphatic carbocycles. The maximum absolute atomic E-state index is 12.5. The van der Waals surface area contributed by atoms with Crippen molar-refractivity contribution in [1.82, 2.24) is 10.3 Å². The van der Waals surface area contributed by atoms with E-state index in [4.69, 9.17) is 9.47 Å². The van der Waals surface area contributed by atoms with Crippen LogP contribution in [0.1, 0.15) is 47.0 Å². The Hall–Kier alpha value is -3.09. The Bertz CT molecular complexity index is 823. The molecule has 0 saturated carbocycles. The SMILES string of the molecule is CCCCCNC(=O)c1cc(C(=O)Nc2ccc3c(c2)OCCO3)ccn1. The maximum Gasteiger partial charge on any atom is 0.269 e. The van der Waals surface area contributed by atoms with Crippen molar-refractivity contribution in [3.8, 4) is 11.5 Å². The number of nitrogens with zero attached hydrogens (tertiary/aromatic N) is 1. The molecule has 2 N–H and O–H groups in total. The Morgan fingerprint density at radius 1 is 1.04 bits per heavy atom. The van der Waals surface area contributed by atoms with E-state index in [0.717, 1.165) is 19.3 Å². The van der Waals surface area contributed by atoms with E-state index in [-0.39, 0.29) is 17.5 Å².